The van der Waals surface area contributed by atoms with E-state index in [-0.39, 0.29) is 36.7 Å². The lowest BCUT2D eigenvalue weighted by atomic mass is 9.95. The number of carbonyl (C=O) groups is 2. The third-order valence-electron chi connectivity index (χ3n) is 7.25. The molecule has 1 fully saturated rings. The van der Waals surface area contributed by atoms with Crippen molar-refractivity contribution < 1.29 is 14.3 Å². The van der Waals surface area contributed by atoms with Gasteiger partial charge in [-0.1, -0.05) is 49.6 Å². The van der Waals surface area contributed by atoms with Crippen molar-refractivity contribution in [3.63, 3.8) is 0 Å². The first-order valence-corrected chi connectivity index (χ1v) is 12.6. The predicted octanol–water partition coefficient (Wildman–Crippen LogP) is 5.15. The highest BCUT2D eigenvalue weighted by Gasteiger charge is 2.33. The third-order valence-corrected chi connectivity index (χ3v) is 7.25. The summed E-state index contributed by atoms with van der Waals surface area (Å²) in [6, 6.07) is 20.2. The minimum atomic E-state index is -0.266. The molecule has 0 unspecified atom stereocenters. The lowest BCUT2D eigenvalue weighted by molar-refractivity contribution is -0.135. The molecule has 6 heteroatoms. The topological polar surface area (TPSA) is 63.6 Å². The molecular weight excluding hydrogens is 438 g/mol. The number of nitrogens with zero attached hydrogens (tertiary/aromatic N) is 2. The normalized spacial score (nSPS) is 17.7. The van der Waals surface area contributed by atoms with Crippen molar-refractivity contribution in [3.05, 3.63) is 83.7 Å². The van der Waals surface area contributed by atoms with Gasteiger partial charge in [0, 0.05) is 37.3 Å². The van der Waals surface area contributed by atoms with E-state index in [9.17, 15) is 9.59 Å². The summed E-state index contributed by atoms with van der Waals surface area (Å²) < 4.78 is 7.53. The summed E-state index contributed by atoms with van der Waals surface area (Å²) in [5, 5.41) is 3.14. The van der Waals surface area contributed by atoms with Crippen LogP contribution in [0.25, 0.3) is 5.69 Å². The Morgan fingerprint density at radius 2 is 1.71 bits per heavy atom. The van der Waals surface area contributed by atoms with Crippen molar-refractivity contribution in [2.45, 2.75) is 63.6 Å². The average molecular weight is 472 g/mol. The van der Waals surface area contributed by atoms with Gasteiger partial charge in [0.2, 0.25) is 11.8 Å². The number of rotatable bonds is 6. The molecule has 1 N–H and O–H groups in total. The fraction of sp³-hybridized carbons (Fsp3) is 0.379. The molecule has 1 aliphatic heterocycles. The van der Waals surface area contributed by atoms with Gasteiger partial charge in [0.05, 0.1) is 18.8 Å². The Morgan fingerprint density at radius 3 is 2.49 bits per heavy atom. The van der Waals surface area contributed by atoms with E-state index < -0.39 is 0 Å². The molecule has 0 bridgehead atoms. The number of hydrogen-bond acceptors (Lipinski definition) is 3. The summed E-state index contributed by atoms with van der Waals surface area (Å²) in [7, 11) is 1.65. The first-order chi connectivity index (χ1) is 17.1. The van der Waals surface area contributed by atoms with Gasteiger partial charge in [-0.25, -0.2) is 0 Å². The number of carbonyl (C=O) groups excluding carboxylic acids is 2. The van der Waals surface area contributed by atoms with Gasteiger partial charge in [-0.05, 0) is 54.3 Å². The van der Waals surface area contributed by atoms with E-state index in [0.29, 0.717) is 6.54 Å². The zero-order valence-corrected chi connectivity index (χ0v) is 20.3. The second-order valence-electron chi connectivity index (χ2n) is 9.53. The first-order valence-electron chi connectivity index (χ1n) is 12.6. The molecule has 2 aliphatic rings. The Labute approximate surface area is 206 Å². The van der Waals surface area contributed by atoms with Gasteiger partial charge in [-0.15, -0.1) is 0 Å². The summed E-state index contributed by atoms with van der Waals surface area (Å²) in [6.07, 6.45) is 8.11. The third kappa shape index (κ3) is 4.97. The number of benzene rings is 2. The van der Waals surface area contributed by atoms with Gasteiger partial charge < -0.3 is 19.5 Å². The zero-order valence-electron chi connectivity index (χ0n) is 20.3. The number of ether oxygens (including phenoxy) is 1. The number of aromatic nitrogens is 1. The molecule has 182 valence electrons. The smallest absolute Gasteiger partial charge is 0.224 e. The fourth-order valence-electron chi connectivity index (χ4n) is 5.43. The van der Waals surface area contributed by atoms with Crippen LogP contribution < -0.4 is 10.1 Å². The van der Waals surface area contributed by atoms with Crippen LogP contribution >= 0.6 is 0 Å². The fourth-order valence-corrected chi connectivity index (χ4v) is 5.43. The van der Waals surface area contributed by atoms with E-state index in [4.69, 9.17) is 4.74 Å². The highest BCUT2D eigenvalue weighted by molar-refractivity contribution is 5.84. The minimum Gasteiger partial charge on any atom is -0.497 e. The number of amides is 2. The largest absolute Gasteiger partial charge is 0.497 e. The minimum absolute atomic E-state index is 0.0194. The van der Waals surface area contributed by atoms with Gasteiger partial charge in [0.1, 0.15) is 5.75 Å². The number of methoxy groups -OCH3 is 1. The van der Waals surface area contributed by atoms with Crippen molar-refractivity contribution in [2.75, 3.05) is 7.11 Å². The molecule has 35 heavy (non-hydrogen) atoms. The Balaban J connectivity index is 1.42. The zero-order chi connectivity index (χ0) is 24.2. The van der Waals surface area contributed by atoms with E-state index in [2.05, 4.69) is 34.3 Å². The van der Waals surface area contributed by atoms with Crippen LogP contribution in [0.3, 0.4) is 0 Å². The summed E-state index contributed by atoms with van der Waals surface area (Å²) in [6.45, 7) is 0.484. The van der Waals surface area contributed by atoms with Crippen LogP contribution in [0.5, 0.6) is 5.75 Å². The predicted molar refractivity (Wildman–Crippen MR) is 135 cm³/mol. The van der Waals surface area contributed by atoms with Crippen LogP contribution in [0.2, 0.25) is 0 Å². The van der Waals surface area contributed by atoms with E-state index in [1.54, 1.807) is 7.11 Å². The summed E-state index contributed by atoms with van der Waals surface area (Å²) >= 11 is 0. The van der Waals surface area contributed by atoms with Gasteiger partial charge in [0.25, 0.3) is 0 Å². The van der Waals surface area contributed by atoms with Gasteiger partial charge in [-0.3, -0.25) is 9.59 Å². The Hall–Kier alpha value is -3.54. The maximum Gasteiger partial charge on any atom is 0.224 e. The Morgan fingerprint density at radius 1 is 0.943 bits per heavy atom. The van der Waals surface area contributed by atoms with Gasteiger partial charge in [-0.2, -0.15) is 0 Å². The Kier molecular flexibility index (Phi) is 6.89. The number of fused-ring (bicyclic) bond motifs is 3. The number of hydrogen-bond donors (Lipinski definition) is 1. The van der Waals surface area contributed by atoms with Crippen LogP contribution in [-0.2, 0) is 16.1 Å². The molecule has 2 heterocycles. The van der Waals surface area contributed by atoms with Crippen LogP contribution in [-0.4, -0.2) is 34.4 Å². The molecule has 6 nitrogen and oxygen atoms in total. The van der Waals surface area contributed by atoms with Gasteiger partial charge in [0.15, 0.2) is 0 Å². The molecule has 2 aromatic carbocycles. The average Bonchev–Trinajstić information content (AvgIpc) is 3.32. The quantitative estimate of drug-likeness (QED) is 0.541. The molecule has 1 aromatic heterocycles. The van der Waals surface area contributed by atoms with Gasteiger partial charge >= 0.3 is 0 Å². The summed E-state index contributed by atoms with van der Waals surface area (Å²) in [5.41, 5.74) is 4.20. The Bertz CT molecular complexity index is 1180. The van der Waals surface area contributed by atoms with Crippen molar-refractivity contribution in [2.24, 2.45) is 0 Å². The second kappa shape index (κ2) is 10.4. The first kappa shape index (κ1) is 23.2. The molecule has 1 saturated carbocycles. The van der Waals surface area contributed by atoms with E-state index >= 15 is 0 Å². The van der Waals surface area contributed by atoms with Crippen molar-refractivity contribution >= 4 is 11.8 Å². The summed E-state index contributed by atoms with van der Waals surface area (Å²) in [4.78, 5) is 28.3. The van der Waals surface area contributed by atoms with Crippen LogP contribution in [0.15, 0.2) is 66.9 Å². The molecule has 1 aliphatic carbocycles. The van der Waals surface area contributed by atoms with Crippen LogP contribution in [0.1, 0.15) is 67.8 Å². The molecule has 2 amide bonds. The maximum atomic E-state index is 13.7. The SMILES string of the molecule is COc1ccc([C@@H]2c3cccn3-c3ccccc3CN2C(=O)CCC(=O)NC2CCCCC2)cc1. The molecule has 0 radical (unpaired) electrons. The molecule has 3 aromatic rings. The monoisotopic (exact) mass is 471 g/mol. The van der Waals surface area contributed by atoms with Crippen molar-refractivity contribution in [1.82, 2.24) is 14.8 Å². The maximum absolute atomic E-state index is 13.7. The van der Waals surface area contributed by atoms with Crippen molar-refractivity contribution in [3.8, 4) is 11.4 Å². The lowest BCUT2D eigenvalue weighted by Crippen LogP contribution is -2.38. The second-order valence-corrected chi connectivity index (χ2v) is 9.53. The molecule has 1 atom stereocenters. The van der Waals surface area contributed by atoms with E-state index in [0.717, 1.165) is 41.1 Å². The molecular formula is C29H33N3O3. The summed E-state index contributed by atoms with van der Waals surface area (Å²) in [5.74, 6) is 0.734. The number of nitrogens with one attached hydrogen (secondary N) is 1. The van der Waals surface area contributed by atoms with Crippen molar-refractivity contribution in [1.29, 1.82) is 0 Å². The van der Waals surface area contributed by atoms with Crippen LogP contribution in [0.4, 0.5) is 0 Å². The molecule has 5 rings (SSSR count). The molecule has 0 saturated heterocycles. The lowest BCUT2D eigenvalue weighted by Gasteiger charge is -2.31. The highest BCUT2D eigenvalue weighted by atomic mass is 16.5. The molecule has 0 spiro atoms. The van der Waals surface area contributed by atoms with E-state index in [1.165, 1.54) is 19.3 Å². The van der Waals surface area contributed by atoms with Crippen LogP contribution in [0, 0.1) is 0 Å². The highest BCUT2D eigenvalue weighted by Crippen LogP contribution is 2.37. The standard InChI is InChI=1S/C29H33N3O3/c1-35-24-15-13-21(14-16-24)29-26-12-7-19-31(26)25-11-6-5-8-22(25)20-32(29)28(34)18-17-27(33)30-23-9-3-2-4-10-23/h5-8,11-16,19,23,29H,2-4,9-10,17-18,20H2,1H3,(H,30,33)/t29-/m1/s1. The van der Waals surface area contributed by atoms with E-state index in [1.807, 2.05) is 47.4 Å². The number of para-hydroxylation sites is 1.